The number of fused-ring (bicyclic) bond motifs is 1. The summed E-state index contributed by atoms with van der Waals surface area (Å²) in [6, 6.07) is -0.522. The van der Waals surface area contributed by atoms with E-state index in [-0.39, 0.29) is 48.2 Å². The Hall–Kier alpha value is -1.85. The third kappa shape index (κ3) is 10.4. The van der Waals surface area contributed by atoms with Gasteiger partial charge in [-0.2, -0.15) is 0 Å². The fourth-order valence-corrected chi connectivity index (χ4v) is 10.5. The van der Waals surface area contributed by atoms with Crippen LogP contribution < -0.4 is 5.32 Å². The monoisotopic (exact) mass is 714 g/mol. The van der Waals surface area contributed by atoms with Crippen LogP contribution in [0.15, 0.2) is 11.1 Å². The normalized spacial score (nSPS) is 34.3. The fraction of sp³-hybridized carbons (Fsp3) is 0.878. The summed E-state index contributed by atoms with van der Waals surface area (Å²) in [6.45, 7) is 6.24. The molecule has 6 rings (SSSR count). The largest absolute Gasteiger partial charge is 0.393 e. The maximum atomic E-state index is 13.0. The van der Waals surface area contributed by atoms with Gasteiger partial charge in [0, 0.05) is 18.9 Å². The lowest BCUT2D eigenvalue weighted by Gasteiger charge is -2.39. The van der Waals surface area contributed by atoms with Crippen LogP contribution >= 0.6 is 0 Å². The van der Waals surface area contributed by atoms with Crippen molar-refractivity contribution in [2.24, 2.45) is 29.6 Å². The number of carbonyl (C=O) groups is 3. The molecule has 0 radical (unpaired) electrons. The van der Waals surface area contributed by atoms with Gasteiger partial charge in [0.1, 0.15) is 6.04 Å². The van der Waals surface area contributed by atoms with Crippen LogP contribution in [0.2, 0.25) is 0 Å². The Balaban J connectivity index is 0.814. The maximum absolute atomic E-state index is 13.0. The molecule has 2 aliphatic heterocycles. The molecule has 4 aliphatic carbocycles. The number of hydrogen-bond donors (Lipinski definition) is 2. The van der Waals surface area contributed by atoms with E-state index in [0.717, 1.165) is 63.7 Å². The van der Waals surface area contributed by atoms with Gasteiger partial charge in [-0.15, -0.1) is 0 Å². The number of amides is 3. The van der Waals surface area contributed by atoms with E-state index in [1.807, 2.05) is 5.57 Å². The molecule has 0 bridgehead atoms. The lowest BCUT2D eigenvalue weighted by molar-refractivity contribution is -0.145. The minimum atomic E-state index is -0.522. The highest BCUT2D eigenvalue weighted by Gasteiger charge is 2.48. The number of allylic oxidation sites excluding steroid dienone is 2. The van der Waals surface area contributed by atoms with Crippen LogP contribution in [-0.4, -0.2) is 98.3 Å². The van der Waals surface area contributed by atoms with E-state index < -0.39 is 6.04 Å². The highest BCUT2D eigenvalue weighted by molar-refractivity contribution is 6.02. The summed E-state index contributed by atoms with van der Waals surface area (Å²) in [4.78, 5) is 38.6. The van der Waals surface area contributed by atoms with E-state index in [4.69, 9.17) is 18.9 Å². The van der Waals surface area contributed by atoms with Crippen LogP contribution in [0.5, 0.6) is 0 Å². The van der Waals surface area contributed by atoms with Crippen molar-refractivity contribution >= 4 is 17.7 Å². The Kier molecular flexibility index (Phi) is 14.8. The number of aliphatic hydroxyl groups excluding tert-OH is 1. The van der Waals surface area contributed by atoms with Gasteiger partial charge >= 0.3 is 0 Å². The predicted molar refractivity (Wildman–Crippen MR) is 194 cm³/mol. The molecular weight excluding hydrogens is 648 g/mol. The van der Waals surface area contributed by atoms with E-state index in [9.17, 15) is 19.5 Å². The van der Waals surface area contributed by atoms with Crippen LogP contribution in [0.4, 0.5) is 0 Å². The summed E-state index contributed by atoms with van der Waals surface area (Å²) in [5.41, 5.74) is 3.62. The van der Waals surface area contributed by atoms with Crippen molar-refractivity contribution in [2.75, 3.05) is 46.2 Å². The molecule has 6 aliphatic rings. The van der Waals surface area contributed by atoms with E-state index in [0.29, 0.717) is 70.5 Å². The average molecular weight is 715 g/mol. The first kappa shape index (κ1) is 38.9. The minimum Gasteiger partial charge on any atom is -0.393 e. The van der Waals surface area contributed by atoms with Crippen LogP contribution in [0.3, 0.4) is 0 Å². The zero-order valence-corrected chi connectivity index (χ0v) is 31.3. The van der Waals surface area contributed by atoms with Crippen molar-refractivity contribution in [3.05, 3.63) is 11.1 Å². The molecule has 4 atom stereocenters. The predicted octanol–water partition coefficient (Wildman–Crippen LogP) is 5.88. The van der Waals surface area contributed by atoms with Crippen molar-refractivity contribution in [2.45, 2.75) is 153 Å². The van der Waals surface area contributed by atoms with Gasteiger partial charge in [-0.3, -0.25) is 19.7 Å². The summed E-state index contributed by atoms with van der Waals surface area (Å²) in [6.07, 6.45) is 20.6. The molecule has 2 N–H and O–H groups in total. The molecule has 0 aromatic heterocycles. The summed E-state index contributed by atoms with van der Waals surface area (Å²) >= 11 is 0. The van der Waals surface area contributed by atoms with Crippen LogP contribution in [0.1, 0.15) is 129 Å². The molecular formula is C41H66N2O8. The number of ether oxygens (including phenoxy) is 4. The van der Waals surface area contributed by atoms with Gasteiger partial charge in [0.15, 0.2) is 0 Å². The lowest BCUT2D eigenvalue weighted by Crippen LogP contribution is -2.53. The second-order valence-corrected chi connectivity index (χ2v) is 16.4. The molecule has 0 aromatic carbocycles. The summed E-state index contributed by atoms with van der Waals surface area (Å²) in [5.74, 6) is 1.77. The van der Waals surface area contributed by atoms with E-state index in [1.165, 1.54) is 51.4 Å². The zero-order chi connectivity index (χ0) is 35.6. The number of rotatable bonds is 16. The third-order valence-electron chi connectivity index (χ3n) is 13.2. The fourth-order valence-electron chi connectivity index (χ4n) is 10.5. The molecule has 2 heterocycles. The standard InChI is InChI=1S/C41H66N2O8/c1-2-35(28-6-4-3-5-7-28)39(29-8-12-32(44)13-9-29)30-10-14-33(15-11-30)50-24-22-48-20-21-49-23-25-51-34-16-17-36-31(26-34)27-43(41(36)47)37-18-19-38(45)42-40(37)46/h28-34,36-37,44H,2-27H2,1H3,(H,42,45,46)/b39-35-. The van der Waals surface area contributed by atoms with Crippen LogP contribution in [-0.2, 0) is 33.3 Å². The quantitative estimate of drug-likeness (QED) is 0.116. The molecule has 51 heavy (non-hydrogen) atoms. The third-order valence-corrected chi connectivity index (χ3v) is 13.2. The van der Waals surface area contributed by atoms with E-state index in [2.05, 4.69) is 12.2 Å². The van der Waals surface area contributed by atoms with Gasteiger partial charge in [0.25, 0.3) is 0 Å². The Labute approximate surface area is 306 Å². The Morgan fingerprint density at radius 2 is 1.31 bits per heavy atom. The summed E-state index contributed by atoms with van der Waals surface area (Å²) < 4.78 is 24.0. The van der Waals surface area contributed by atoms with Crippen molar-refractivity contribution in [3.63, 3.8) is 0 Å². The minimum absolute atomic E-state index is 0.0412. The van der Waals surface area contributed by atoms with Gasteiger partial charge in [-0.05, 0) is 120 Å². The lowest BCUT2D eigenvalue weighted by atomic mass is 9.68. The molecule has 10 heteroatoms. The zero-order valence-electron chi connectivity index (χ0n) is 31.3. The number of piperidine rings is 1. The summed E-state index contributed by atoms with van der Waals surface area (Å²) in [5, 5.41) is 12.6. The van der Waals surface area contributed by atoms with Crippen molar-refractivity contribution < 1.29 is 38.4 Å². The van der Waals surface area contributed by atoms with Crippen LogP contribution in [0.25, 0.3) is 0 Å². The average Bonchev–Trinajstić information content (AvgIpc) is 3.47. The summed E-state index contributed by atoms with van der Waals surface area (Å²) in [7, 11) is 0. The molecule has 6 fully saturated rings. The molecule has 3 amide bonds. The molecule has 0 aromatic rings. The Bertz CT molecular complexity index is 1170. The topological polar surface area (TPSA) is 124 Å². The molecule has 0 spiro atoms. The number of likely N-dealkylation sites (tertiary alicyclic amines) is 1. The van der Waals surface area contributed by atoms with Crippen molar-refractivity contribution in [1.29, 1.82) is 0 Å². The maximum Gasteiger partial charge on any atom is 0.249 e. The van der Waals surface area contributed by atoms with Gasteiger partial charge in [-0.1, -0.05) is 37.3 Å². The Morgan fingerprint density at radius 3 is 1.96 bits per heavy atom. The SMILES string of the molecule is CC/C(=C(\C1CCC(O)CC1)C1CCC(OCCOCCOCCOC2CCC3C(=O)N(C4CCC(=O)NC4=O)CC3C2)CC1)C1CCCCC1. The van der Waals surface area contributed by atoms with Gasteiger partial charge in [-0.25, -0.2) is 0 Å². The van der Waals surface area contributed by atoms with Crippen LogP contribution in [0, 0.1) is 29.6 Å². The van der Waals surface area contributed by atoms with Gasteiger partial charge in [0.2, 0.25) is 17.7 Å². The molecule has 4 unspecified atom stereocenters. The van der Waals surface area contributed by atoms with E-state index in [1.54, 1.807) is 10.5 Å². The van der Waals surface area contributed by atoms with Gasteiger partial charge < -0.3 is 29.0 Å². The molecule has 2 saturated heterocycles. The number of imide groups is 1. The Morgan fingerprint density at radius 1 is 0.706 bits per heavy atom. The van der Waals surface area contributed by atoms with Gasteiger partial charge in [0.05, 0.1) is 58.0 Å². The molecule has 10 nitrogen and oxygen atoms in total. The second-order valence-electron chi connectivity index (χ2n) is 16.4. The first-order valence-electron chi connectivity index (χ1n) is 20.8. The molecule has 4 saturated carbocycles. The molecule has 288 valence electrons. The first-order chi connectivity index (χ1) is 24.9. The number of carbonyl (C=O) groups excluding carboxylic acids is 3. The highest BCUT2D eigenvalue weighted by atomic mass is 16.6. The van der Waals surface area contributed by atoms with Crippen molar-refractivity contribution in [1.82, 2.24) is 10.2 Å². The van der Waals surface area contributed by atoms with E-state index >= 15 is 0 Å². The number of hydrogen-bond acceptors (Lipinski definition) is 8. The first-order valence-corrected chi connectivity index (χ1v) is 20.8. The highest BCUT2D eigenvalue weighted by Crippen LogP contribution is 2.46. The van der Waals surface area contributed by atoms with Crippen molar-refractivity contribution in [3.8, 4) is 0 Å². The smallest absolute Gasteiger partial charge is 0.249 e. The number of nitrogens with zero attached hydrogens (tertiary/aromatic N) is 1. The number of aliphatic hydroxyl groups is 1. The second kappa shape index (κ2) is 19.5. The number of nitrogens with one attached hydrogen (secondary N) is 1.